The van der Waals surface area contributed by atoms with Gasteiger partial charge in [-0.2, -0.15) is 5.26 Å². The van der Waals surface area contributed by atoms with Gasteiger partial charge in [0.05, 0.1) is 18.7 Å². The van der Waals surface area contributed by atoms with E-state index in [0.717, 1.165) is 5.56 Å². The molecule has 0 atom stereocenters. The molecule has 0 bridgehead atoms. The quantitative estimate of drug-likeness (QED) is 0.810. The van der Waals surface area contributed by atoms with Crippen molar-refractivity contribution in [3.05, 3.63) is 46.2 Å². The fourth-order valence-corrected chi connectivity index (χ4v) is 1.76. The summed E-state index contributed by atoms with van der Waals surface area (Å²) < 4.78 is 10.3. The van der Waals surface area contributed by atoms with Crippen molar-refractivity contribution in [3.63, 3.8) is 0 Å². The number of nitrogens with zero attached hydrogens (tertiary/aromatic N) is 3. The minimum atomic E-state index is -0.680. The number of hydrogen-bond acceptors (Lipinski definition) is 6. The van der Waals surface area contributed by atoms with Gasteiger partial charge in [0.2, 0.25) is 5.69 Å². The molecule has 0 spiro atoms. The predicted octanol–water partition coefficient (Wildman–Crippen LogP) is 2.89. The molecule has 0 radical (unpaired) electrons. The summed E-state index contributed by atoms with van der Waals surface area (Å²) in [5, 5.41) is 16.2. The van der Waals surface area contributed by atoms with Crippen molar-refractivity contribution in [1.29, 1.82) is 5.26 Å². The highest BCUT2D eigenvalue weighted by molar-refractivity contribution is 6.29. The maximum atomic E-state index is 11.6. The molecule has 0 saturated carbocycles. The summed E-state index contributed by atoms with van der Waals surface area (Å²) >= 11 is 5.77. The molecular formula is C14H10ClN3O3. The van der Waals surface area contributed by atoms with Gasteiger partial charge in [-0.15, -0.1) is 10.2 Å². The van der Waals surface area contributed by atoms with E-state index in [1.807, 2.05) is 6.07 Å². The molecule has 0 N–H and O–H groups in total. The zero-order valence-corrected chi connectivity index (χ0v) is 12.0. The third kappa shape index (κ3) is 3.27. The Morgan fingerprint density at radius 2 is 2.05 bits per heavy atom. The normalized spacial score (nSPS) is 9.81. The van der Waals surface area contributed by atoms with Crippen LogP contribution in [-0.2, 0) is 4.74 Å². The molecule has 2 aromatic rings. The lowest BCUT2D eigenvalue weighted by atomic mass is 10.1. The van der Waals surface area contributed by atoms with Crippen LogP contribution in [0.3, 0.4) is 0 Å². The maximum absolute atomic E-state index is 11.6. The Kier molecular flexibility index (Phi) is 4.36. The number of rotatable bonds is 3. The molecule has 0 aliphatic carbocycles. The summed E-state index contributed by atoms with van der Waals surface area (Å²) in [4.78, 5) is 11.6. The smallest absolute Gasteiger partial charge is 0.362 e. The summed E-state index contributed by atoms with van der Waals surface area (Å²) in [6.45, 7) is 1.78. The lowest BCUT2D eigenvalue weighted by molar-refractivity contribution is 0.0589. The molecule has 2 rings (SSSR count). The highest BCUT2D eigenvalue weighted by Gasteiger charge is 2.18. The van der Waals surface area contributed by atoms with Gasteiger partial charge in [0.15, 0.2) is 10.9 Å². The molecule has 0 fully saturated rings. The van der Waals surface area contributed by atoms with E-state index >= 15 is 0 Å². The first-order valence-electron chi connectivity index (χ1n) is 5.85. The zero-order chi connectivity index (χ0) is 15.4. The number of benzene rings is 1. The molecule has 7 heteroatoms. The van der Waals surface area contributed by atoms with Crippen LogP contribution in [0.4, 0.5) is 0 Å². The molecule has 106 valence electrons. The number of halogens is 1. The maximum Gasteiger partial charge on any atom is 0.362 e. The molecule has 0 amide bonds. The van der Waals surface area contributed by atoms with E-state index < -0.39 is 5.97 Å². The minimum Gasteiger partial charge on any atom is -0.464 e. The molecule has 0 aliphatic heterocycles. The van der Waals surface area contributed by atoms with E-state index in [1.165, 1.54) is 13.2 Å². The van der Waals surface area contributed by atoms with Gasteiger partial charge in [0.25, 0.3) is 0 Å². The molecule has 6 nitrogen and oxygen atoms in total. The second kappa shape index (κ2) is 6.20. The van der Waals surface area contributed by atoms with Crippen molar-refractivity contribution in [3.8, 4) is 17.6 Å². The highest BCUT2D eigenvalue weighted by atomic mass is 35.5. The van der Waals surface area contributed by atoms with E-state index in [-0.39, 0.29) is 16.6 Å². The fraction of sp³-hybridized carbons (Fsp3) is 0.143. The second-order valence-electron chi connectivity index (χ2n) is 4.07. The Bertz CT molecular complexity index is 741. The summed E-state index contributed by atoms with van der Waals surface area (Å²) in [5.41, 5.74) is 1.17. The third-order valence-corrected chi connectivity index (χ3v) is 2.82. The highest BCUT2D eigenvalue weighted by Crippen LogP contribution is 2.29. The molecular weight excluding hydrogens is 294 g/mol. The molecule has 21 heavy (non-hydrogen) atoms. The largest absolute Gasteiger partial charge is 0.464 e. The number of esters is 1. The van der Waals surface area contributed by atoms with Gasteiger partial charge in [0.1, 0.15) is 5.75 Å². The zero-order valence-electron chi connectivity index (χ0n) is 11.3. The Labute approximate surface area is 125 Å². The van der Waals surface area contributed by atoms with E-state index in [9.17, 15) is 4.79 Å². The molecule has 0 aliphatic rings. The number of methoxy groups -OCH3 is 1. The lowest BCUT2D eigenvalue weighted by Crippen LogP contribution is -2.08. The van der Waals surface area contributed by atoms with Crippen molar-refractivity contribution >= 4 is 17.6 Å². The summed E-state index contributed by atoms with van der Waals surface area (Å²) in [7, 11) is 1.23. The molecule has 0 unspecified atom stereocenters. The topological polar surface area (TPSA) is 85.1 Å². The van der Waals surface area contributed by atoms with Crippen LogP contribution in [0.15, 0.2) is 24.3 Å². The van der Waals surface area contributed by atoms with Crippen molar-refractivity contribution in [2.24, 2.45) is 0 Å². The van der Waals surface area contributed by atoms with Gasteiger partial charge in [0, 0.05) is 6.07 Å². The monoisotopic (exact) mass is 303 g/mol. The standard InChI is InChI=1S/C14H10ClN3O3/c1-8-5-9(7-16)3-4-10(8)21-11-6-12(15)17-18-13(11)14(19)20-2/h3-6H,1-2H3. The van der Waals surface area contributed by atoms with E-state index in [2.05, 4.69) is 14.9 Å². The first-order chi connectivity index (χ1) is 10.0. The molecule has 1 aromatic heterocycles. The van der Waals surface area contributed by atoms with Crippen LogP contribution in [0.25, 0.3) is 0 Å². The van der Waals surface area contributed by atoms with Crippen molar-refractivity contribution in [1.82, 2.24) is 10.2 Å². The van der Waals surface area contributed by atoms with Gasteiger partial charge in [-0.25, -0.2) is 4.79 Å². The average Bonchev–Trinajstić information content (AvgIpc) is 2.48. The first kappa shape index (κ1) is 14.8. The Morgan fingerprint density at radius 3 is 2.67 bits per heavy atom. The van der Waals surface area contributed by atoms with Gasteiger partial charge in [-0.05, 0) is 30.7 Å². The van der Waals surface area contributed by atoms with Crippen LogP contribution in [0.5, 0.6) is 11.5 Å². The van der Waals surface area contributed by atoms with E-state index in [0.29, 0.717) is 11.3 Å². The number of nitriles is 1. The third-order valence-electron chi connectivity index (χ3n) is 2.63. The van der Waals surface area contributed by atoms with Gasteiger partial charge >= 0.3 is 5.97 Å². The number of hydrogen-bond donors (Lipinski definition) is 0. The number of aromatic nitrogens is 2. The predicted molar refractivity (Wildman–Crippen MR) is 74.3 cm³/mol. The van der Waals surface area contributed by atoms with Crippen LogP contribution in [-0.4, -0.2) is 23.3 Å². The van der Waals surface area contributed by atoms with Gasteiger partial charge in [-0.1, -0.05) is 11.6 Å². The Morgan fingerprint density at radius 1 is 1.29 bits per heavy atom. The Balaban J connectivity index is 2.42. The lowest BCUT2D eigenvalue weighted by Gasteiger charge is -2.11. The van der Waals surface area contributed by atoms with Crippen LogP contribution in [0.1, 0.15) is 21.6 Å². The SMILES string of the molecule is COC(=O)c1nnc(Cl)cc1Oc1ccc(C#N)cc1C. The van der Waals surface area contributed by atoms with Crippen molar-refractivity contribution in [2.45, 2.75) is 6.92 Å². The molecule has 1 heterocycles. The number of carbonyl (C=O) groups excluding carboxylic acids is 1. The minimum absolute atomic E-state index is 0.0781. The summed E-state index contributed by atoms with van der Waals surface area (Å²) in [6, 6.07) is 8.31. The number of carbonyl (C=O) groups is 1. The van der Waals surface area contributed by atoms with E-state index in [4.69, 9.17) is 21.6 Å². The molecule has 1 aromatic carbocycles. The van der Waals surface area contributed by atoms with Crippen molar-refractivity contribution in [2.75, 3.05) is 7.11 Å². The Hall–Kier alpha value is -2.65. The molecule has 0 saturated heterocycles. The van der Waals surface area contributed by atoms with Crippen LogP contribution < -0.4 is 4.74 Å². The van der Waals surface area contributed by atoms with Crippen LogP contribution >= 0.6 is 11.6 Å². The second-order valence-corrected chi connectivity index (χ2v) is 4.45. The first-order valence-corrected chi connectivity index (χ1v) is 6.23. The average molecular weight is 304 g/mol. The van der Waals surface area contributed by atoms with Gasteiger partial charge in [-0.3, -0.25) is 0 Å². The number of ether oxygens (including phenoxy) is 2. The van der Waals surface area contributed by atoms with Crippen LogP contribution in [0.2, 0.25) is 5.15 Å². The van der Waals surface area contributed by atoms with Crippen molar-refractivity contribution < 1.29 is 14.3 Å². The van der Waals surface area contributed by atoms with Crippen LogP contribution in [0, 0.1) is 18.3 Å². The number of aryl methyl sites for hydroxylation is 1. The summed E-state index contributed by atoms with van der Waals surface area (Å²) in [6.07, 6.45) is 0. The fourth-order valence-electron chi connectivity index (χ4n) is 1.62. The summed E-state index contributed by atoms with van der Waals surface area (Å²) in [5.74, 6) is -0.0710. The van der Waals surface area contributed by atoms with E-state index in [1.54, 1.807) is 25.1 Å². The van der Waals surface area contributed by atoms with Gasteiger partial charge < -0.3 is 9.47 Å².